The third-order valence-electron chi connectivity index (χ3n) is 3.16. The third kappa shape index (κ3) is 3.02. The second kappa shape index (κ2) is 6.68. The molecule has 0 aliphatic heterocycles. The predicted molar refractivity (Wildman–Crippen MR) is 84.2 cm³/mol. The normalized spacial score (nSPS) is 12.3. The van der Waals surface area contributed by atoms with Crippen LogP contribution in [0, 0.1) is 0 Å². The van der Waals surface area contributed by atoms with Gasteiger partial charge in [-0.3, -0.25) is 4.68 Å². The molecule has 0 spiro atoms. The molecule has 21 heavy (non-hydrogen) atoms. The highest BCUT2D eigenvalue weighted by Gasteiger charge is 2.22. The zero-order chi connectivity index (χ0) is 15.6. The van der Waals surface area contributed by atoms with Gasteiger partial charge < -0.3 is 14.6 Å². The molecular weight excluding hydrogens is 360 g/mol. The number of aliphatic hydroxyl groups is 1. The van der Waals surface area contributed by atoms with Gasteiger partial charge in [0.2, 0.25) is 0 Å². The average Bonchev–Trinajstić information content (AvgIpc) is 2.86. The van der Waals surface area contributed by atoms with Gasteiger partial charge in [0.05, 0.1) is 35.6 Å². The molecule has 2 rings (SSSR count). The van der Waals surface area contributed by atoms with Gasteiger partial charge in [0, 0.05) is 6.54 Å². The minimum absolute atomic E-state index is 0.379. The van der Waals surface area contributed by atoms with E-state index in [-0.39, 0.29) is 0 Å². The van der Waals surface area contributed by atoms with Crippen LogP contribution in [0.25, 0.3) is 0 Å². The van der Waals surface area contributed by atoms with Crippen LogP contribution in [0.5, 0.6) is 11.5 Å². The van der Waals surface area contributed by atoms with Crippen LogP contribution in [0.3, 0.4) is 0 Å². The molecule has 7 heteroatoms. The van der Waals surface area contributed by atoms with E-state index in [1.54, 1.807) is 23.0 Å². The number of ether oxygens (including phenoxy) is 2. The number of aryl methyl sites for hydroxylation is 1. The molecule has 1 heterocycles. The molecule has 1 unspecified atom stereocenters. The first-order valence-electron chi connectivity index (χ1n) is 6.34. The molecule has 1 aromatic carbocycles. The van der Waals surface area contributed by atoms with Crippen LogP contribution in [0.4, 0.5) is 0 Å². The standard InChI is InChI=1S/C14H16BrClN2O3/c1-4-18-12(9(15)7-17-18)13(19)8-5-10(16)14(21-3)11(6-8)20-2/h5-7,13,19H,4H2,1-3H3. The molecule has 0 radical (unpaired) electrons. The Morgan fingerprint density at radius 2 is 2.10 bits per heavy atom. The highest BCUT2D eigenvalue weighted by Crippen LogP contribution is 2.39. The van der Waals surface area contributed by atoms with Gasteiger partial charge in [-0.15, -0.1) is 0 Å². The summed E-state index contributed by atoms with van der Waals surface area (Å²) in [6.45, 7) is 2.61. The van der Waals surface area contributed by atoms with Crippen LogP contribution >= 0.6 is 27.5 Å². The summed E-state index contributed by atoms with van der Waals surface area (Å²) in [5.41, 5.74) is 1.27. The van der Waals surface area contributed by atoms with Crippen LogP contribution in [0.2, 0.25) is 5.02 Å². The van der Waals surface area contributed by atoms with Crippen LogP contribution in [0.1, 0.15) is 24.3 Å². The summed E-state index contributed by atoms with van der Waals surface area (Å²) < 4.78 is 12.9. The van der Waals surface area contributed by atoms with E-state index in [4.69, 9.17) is 21.1 Å². The molecule has 1 aromatic heterocycles. The maximum absolute atomic E-state index is 10.6. The summed E-state index contributed by atoms with van der Waals surface area (Å²) in [4.78, 5) is 0. The number of rotatable bonds is 5. The summed E-state index contributed by atoms with van der Waals surface area (Å²) in [5.74, 6) is 0.913. The molecule has 0 saturated heterocycles. The summed E-state index contributed by atoms with van der Waals surface area (Å²) >= 11 is 9.59. The molecule has 2 aromatic rings. The number of hydrogen-bond acceptors (Lipinski definition) is 4. The second-order valence-electron chi connectivity index (χ2n) is 4.33. The Hall–Kier alpha value is -1.24. The molecule has 0 aliphatic rings. The molecule has 0 fully saturated rings. The number of halogens is 2. The Bertz CT molecular complexity index is 645. The van der Waals surface area contributed by atoms with E-state index in [1.165, 1.54) is 14.2 Å². The third-order valence-corrected chi connectivity index (χ3v) is 4.06. The largest absolute Gasteiger partial charge is 0.493 e. The van der Waals surface area contributed by atoms with Crippen LogP contribution < -0.4 is 9.47 Å². The number of methoxy groups -OCH3 is 2. The van der Waals surface area contributed by atoms with Crippen molar-refractivity contribution in [2.24, 2.45) is 0 Å². The number of nitrogens with zero attached hydrogens (tertiary/aromatic N) is 2. The summed E-state index contributed by atoms with van der Waals surface area (Å²) in [7, 11) is 3.04. The average molecular weight is 376 g/mol. The molecular formula is C14H16BrClN2O3. The van der Waals surface area contributed by atoms with Gasteiger partial charge in [-0.05, 0) is 40.5 Å². The van der Waals surface area contributed by atoms with Crippen molar-refractivity contribution in [2.75, 3.05) is 14.2 Å². The van der Waals surface area contributed by atoms with E-state index in [0.29, 0.717) is 34.3 Å². The lowest BCUT2D eigenvalue weighted by Crippen LogP contribution is -2.10. The Morgan fingerprint density at radius 3 is 2.67 bits per heavy atom. The first-order chi connectivity index (χ1) is 10.0. The topological polar surface area (TPSA) is 56.5 Å². The van der Waals surface area contributed by atoms with Gasteiger partial charge in [0.15, 0.2) is 11.5 Å². The van der Waals surface area contributed by atoms with Crippen molar-refractivity contribution in [3.8, 4) is 11.5 Å². The van der Waals surface area contributed by atoms with E-state index >= 15 is 0 Å². The summed E-state index contributed by atoms with van der Waals surface area (Å²) in [6, 6.07) is 3.36. The Labute approximate surface area is 136 Å². The first kappa shape index (κ1) is 16.1. The number of benzene rings is 1. The molecule has 0 amide bonds. The quantitative estimate of drug-likeness (QED) is 0.870. The maximum Gasteiger partial charge on any atom is 0.179 e. The fraction of sp³-hybridized carbons (Fsp3) is 0.357. The molecule has 5 nitrogen and oxygen atoms in total. The fourth-order valence-corrected chi connectivity index (χ4v) is 2.96. The molecule has 0 bridgehead atoms. The Balaban J connectivity index is 2.51. The van der Waals surface area contributed by atoms with Crippen LogP contribution in [-0.2, 0) is 6.54 Å². The number of aromatic nitrogens is 2. The fourth-order valence-electron chi connectivity index (χ4n) is 2.15. The first-order valence-corrected chi connectivity index (χ1v) is 7.51. The Morgan fingerprint density at radius 1 is 1.38 bits per heavy atom. The van der Waals surface area contributed by atoms with Gasteiger partial charge in [0.25, 0.3) is 0 Å². The van der Waals surface area contributed by atoms with Crippen molar-refractivity contribution in [1.82, 2.24) is 9.78 Å². The smallest absolute Gasteiger partial charge is 0.179 e. The predicted octanol–water partition coefficient (Wildman–Crippen LogP) is 3.42. The van der Waals surface area contributed by atoms with E-state index in [0.717, 1.165) is 4.47 Å². The minimum atomic E-state index is -0.876. The van der Waals surface area contributed by atoms with Crippen LogP contribution in [-0.4, -0.2) is 29.1 Å². The van der Waals surface area contributed by atoms with Crippen molar-refractivity contribution < 1.29 is 14.6 Å². The van der Waals surface area contributed by atoms with Crippen molar-refractivity contribution in [2.45, 2.75) is 19.6 Å². The molecule has 1 N–H and O–H groups in total. The SMILES string of the molecule is CCn1ncc(Br)c1C(O)c1cc(Cl)c(OC)c(OC)c1. The highest BCUT2D eigenvalue weighted by atomic mass is 79.9. The van der Waals surface area contributed by atoms with Crippen LogP contribution in [0.15, 0.2) is 22.8 Å². The lowest BCUT2D eigenvalue weighted by atomic mass is 10.1. The summed E-state index contributed by atoms with van der Waals surface area (Å²) in [6.07, 6.45) is 0.781. The number of hydrogen-bond donors (Lipinski definition) is 1. The van der Waals surface area contributed by atoms with Crippen molar-refractivity contribution in [3.05, 3.63) is 39.1 Å². The van der Waals surface area contributed by atoms with E-state index in [2.05, 4.69) is 21.0 Å². The molecule has 0 saturated carbocycles. The monoisotopic (exact) mass is 374 g/mol. The summed E-state index contributed by atoms with van der Waals surface area (Å²) in [5, 5.41) is 15.2. The maximum atomic E-state index is 10.6. The molecule has 114 valence electrons. The zero-order valence-electron chi connectivity index (χ0n) is 11.9. The number of aliphatic hydroxyl groups excluding tert-OH is 1. The van der Waals surface area contributed by atoms with Gasteiger partial charge in [0.1, 0.15) is 6.10 Å². The zero-order valence-corrected chi connectivity index (χ0v) is 14.3. The highest BCUT2D eigenvalue weighted by molar-refractivity contribution is 9.10. The molecule has 1 atom stereocenters. The lowest BCUT2D eigenvalue weighted by molar-refractivity contribution is 0.206. The van der Waals surface area contributed by atoms with Crippen molar-refractivity contribution in [1.29, 1.82) is 0 Å². The van der Waals surface area contributed by atoms with Crippen molar-refractivity contribution in [3.63, 3.8) is 0 Å². The van der Waals surface area contributed by atoms with Crippen molar-refractivity contribution >= 4 is 27.5 Å². The molecule has 0 aliphatic carbocycles. The second-order valence-corrected chi connectivity index (χ2v) is 5.60. The Kier molecular flexibility index (Phi) is 5.13. The van der Waals surface area contributed by atoms with Gasteiger partial charge >= 0.3 is 0 Å². The van der Waals surface area contributed by atoms with E-state index < -0.39 is 6.10 Å². The van der Waals surface area contributed by atoms with E-state index in [1.807, 2.05) is 6.92 Å². The van der Waals surface area contributed by atoms with Gasteiger partial charge in [-0.2, -0.15) is 5.10 Å². The van der Waals surface area contributed by atoms with E-state index in [9.17, 15) is 5.11 Å². The minimum Gasteiger partial charge on any atom is -0.493 e. The van der Waals surface area contributed by atoms with Gasteiger partial charge in [-0.1, -0.05) is 11.6 Å². The lowest BCUT2D eigenvalue weighted by Gasteiger charge is -2.17. The van der Waals surface area contributed by atoms with Gasteiger partial charge in [-0.25, -0.2) is 0 Å².